The lowest BCUT2D eigenvalue weighted by atomic mass is 10.2. The van der Waals surface area contributed by atoms with Crippen LogP contribution in [0.15, 0.2) is 24.5 Å². The van der Waals surface area contributed by atoms with Crippen LogP contribution in [0.25, 0.3) is 0 Å². The fraction of sp³-hybridized carbons (Fsp3) is 0.182. The maximum Gasteiger partial charge on any atom is 0.347 e. The van der Waals surface area contributed by atoms with Gasteiger partial charge in [0.1, 0.15) is 4.88 Å². The Balaban J connectivity index is 1.97. The van der Waals surface area contributed by atoms with E-state index in [0.717, 1.165) is 22.6 Å². The van der Waals surface area contributed by atoms with Gasteiger partial charge in [-0.1, -0.05) is 17.4 Å². The van der Waals surface area contributed by atoms with Gasteiger partial charge in [0.2, 0.25) is 0 Å². The van der Waals surface area contributed by atoms with E-state index in [-0.39, 0.29) is 4.88 Å². The Morgan fingerprint density at radius 1 is 1.41 bits per heavy atom. The molecule has 0 fully saturated rings. The van der Waals surface area contributed by atoms with Crippen molar-refractivity contribution in [1.82, 2.24) is 9.97 Å². The third kappa shape index (κ3) is 3.01. The van der Waals surface area contributed by atoms with Crippen molar-refractivity contribution in [2.75, 3.05) is 5.32 Å². The third-order valence-electron chi connectivity index (χ3n) is 2.13. The predicted octanol–water partition coefficient (Wildman–Crippen LogP) is 2.16. The summed E-state index contributed by atoms with van der Waals surface area (Å²) < 4.78 is 0. The highest BCUT2D eigenvalue weighted by molar-refractivity contribution is 7.17. The molecule has 0 radical (unpaired) electrons. The molecule has 5 nitrogen and oxygen atoms in total. The van der Waals surface area contributed by atoms with Gasteiger partial charge < -0.3 is 10.4 Å². The lowest BCUT2D eigenvalue weighted by molar-refractivity contribution is 0.0702. The van der Waals surface area contributed by atoms with Gasteiger partial charge in [0, 0.05) is 18.4 Å². The smallest absolute Gasteiger partial charge is 0.347 e. The number of aromatic carboxylic acids is 1. The summed E-state index contributed by atoms with van der Waals surface area (Å²) in [6, 6.07) is 3.91. The SMILES string of the molecule is Cc1ccc(CNc2ncc(C(=O)O)s2)cn1. The van der Waals surface area contributed by atoms with Crippen molar-refractivity contribution in [3.8, 4) is 0 Å². The number of carboxylic acid groups (broad SMARTS) is 1. The molecular formula is C11H11N3O2S. The van der Waals surface area contributed by atoms with Crippen molar-refractivity contribution in [1.29, 1.82) is 0 Å². The topological polar surface area (TPSA) is 75.1 Å². The maximum atomic E-state index is 10.7. The molecule has 6 heteroatoms. The van der Waals surface area contributed by atoms with Gasteiger partial charge in [-0.05, 0) is 18.6 Å². The minimum absolute atomic E-state index is 0.231. The van der Waals surface area contributed by atoms with Gasteiger partial charge in [-0.25, -0.2) is 9.78 Å². The summed E-state index contributed by atoms with van der Waals surface area (Å²) >= 11 is 1.12. The van der Waals surface area contributed by atoms with Crippen LogP contribution in [-0.2, 0) is 6.54 Å². The van der Waals surface area contributed by atoms with Crippen molar-refractivity contribution in [3.05, 3.63) is 40.7 Å². The molecule has 2 aromatic rings. The number of aryl methyl sites for hydroxylation is 1. The fourth-order valence-corrected chi connectivity index (χ4v) is 1.89. The minimum atomic E-state index is -0.951. The second-order valence-corrected chi connectivity index (χ2v) is 4.53. The van der Waals surface area contributed by atoms with E-state index in [9.17, 15) is 4.79 Å². The molecule has 0 aliphatic heterocycles. The normalized spacial score (nSPS) is 10.2. The Hall–Kier alpha value is -1.95. The Labute approximate surface area is 102 Å². The Morgan fingerprint density at radius 3 is 2.82 bits per heavy atom. The van der Waals surface area contributed by atoms with Crippen LogP contribution < -0.4 is 5.32 Å². The quantitative estimate of drug-likeness (QED) is 0.868. The monoisotopic (exact) mass is 249 g/mol. The van der Waals surface area contributed by atoms with E-state index >= 15 is 0 Å². The van der Waals surface area contributed by atoms with Crippen LogP contribution in [-0.4, -0.2) is 21.0 Å². The van der Waals surface area contributed by atoms with Crippen LogP contribution in [0.3, 0.4) is 0 Å². The van der Waals surface area contributed by atoms with Gasteiger partial charge in [0.15, 0.2) is 5.13 Å². The molecular weight excluding hydrogens is 238 g/mol. The highest BCUT2D eigenvalue weighted by Gasteiger charge is 2.07. The lowest BCUT2D eigenvalue weighted by Crippen LogP contribution is -1.99. The average molecular weight is 249 g/mol. The largest absolute Gasteiger partial charge is 0.477 e. The summed E-state index contributed by atoms with van der Waals surface area (Å²) in [5.74, 6) is -0.951. The van der Waals surface area contributed by atoms with Gasteiger partial charge >= 0.3 is 5.97 Å². The van der Waals surface area contributed by atoms with Crippen molar-refractivity contribution in [2.45, 2.75) is 13.5 Å². The van der Waals surface area contributed by atoms with E-state index in [0.29, 0.717) is 11.7 Å². The summed E-state index contributed by atoms with van der Waals surface area (Å²) in [6.07, 6.45) is 3.14. The van der Waals surface area contributed by atoms with Crippen molar-refractivity contribution in [2.24, 2.45) is 0 Å². The van der Waals surface area contributed by atoms with Gasteiger partial charge in [0.25, 0.3) is 0 Å². The molecule has 2 N–H and O–H groups in total. The molecule has 0 saturated heterocycles. The van der Waals surface area contributed by atoms with Crippen LogP contribution in [0.2, 0.25) is 0 Å². The zero-order chi connectivity index (χ0) is 12.3. The zero-order valence-electron chi connectivity index (χ0n) is 9.17. The molecule has 0 spiro atoms. The molecule has 0 bridgehead atoms. The standard InChI is InChI=1S/C11H11N3O2S/c1-7-2-3-8(4-12-7)5-13-11-14-6-9(17-11)10(15)16/h2-4,6H,5H2,1H3,(H,13,14)(H,15,16). The molecule has 0 aromatic carbocycles. The van der Waals surface area contributed by atoms with E-state index in [4.69, 9.17) is 5.11 Å². The number of thiazole rings is 1. The molecule has 17 heavy (non-hydrogen) atoms. The minimum Gasteiger partial charge on any atom is -0.477 e. The molecule has 2 rings (SSSR count). The molecule has 0 saturated carbocycles. The van der Waals surface area contributed by atoms with Crippen molar-refractivity contribution < 1.29 is 9.90 Å². The average Bonchev–Trinajstić information content (AvgIpc) is 2.77. The number of hydrogen-bond donors (Lipinski definition) is 2. The van der Waals surface area contributed by atoms with Gasteiger partial charge in [0.05, 0.1) is 6.20 Å². The first kappa shape index (κ1) is 11.5. The summed E-state index contributed by atoms with van der Waals surface area (Å²) in [5, 5.41) is 12.4. The number of nitrogens with one attached hydrogen (secondary N) is 1. The number of rotatable bonds is 4. The van der Waals surface area contributed by atoms with Gasteiger partial charge in [-0.15, -0.1) is 0 Å². The number of carboxylic acids is 1. The zero-order valence-corrected chi connectivity index (χ0v) is 9.99. The van der Waals surface area contributed by atoms with E-state index in [1.54, 1.807) is 6.20 Å². The molecule has 88 valence electrons. The van der Waals surface area contributed by atoms with Crippen LogP contribution in [0, 0.1) is 6.92 Å². The van der Waals surface area contributed by atoms with E-state index in [1.165, 1.54) is 6.20 Å². The number of pyridine rings is 1. The molecule has 0 unspecified atom stereocenters. The fourth-order valence-electron chi connectivity index (χ4n) is 1.24. The van der Waals surface area contributed by atoms with E-state index < -0.39 is 5.97 Å². The first-order valence-corrected chi connectivity index (χ1v) is 5.81. The number of aromatic nitrogens is 2. The second kappa shape index (κ2) is 4.92. The van der Waals surface area contributed by atoms with E-state index in [1.807, 2.05) is 19.1 Å². The van der Waals surface area contributed by atoms with Crippen LogP contribution in [0.1, 0.15) is 20.9 Å². The second-order valence-electron chi connectivity index (χ2n) is 3.50. The maximum absolute atomic E-state index is 10.7. The number of nitrogens with zero attached hydrogens (tertiary/aromatic N) is 2. The van der Waals surface area contributed by atoms with Crippen LogP contribution >= 0.6 is 11.3 Å². The number of hydrogen-bond acceptors (Lipinski definition) is 5. The molecule has 0 atom stereocenters. The third-order valence-corrected chi connectivity index (χ3v) is 3.08. The molecule has 0 amide bonds. The Bertz CT molecular complexity index is 522. The first-order chi connectivity index (χ1) is 8.15. The summed E-state index contributed by atoms with van der Waals surface area (Å²) in [5.41, 5.74) is 2.00. The summed E-state index contributed by atoms with van der Waals surface area (Å²) in [7, 11) is 0. The first-order valence-electron chi connectivity index (χ1n) is 4.99. The molecule has 0 aliphatic carbocycles. The van der Waals surface area contributed by atoms with Crippen LogP contribution in [0.4, 0.5) is 5.13 Å². The Kier molecular flexibility index (Phi) is 3.34. The predicted molar refractivity (Wildman–Crippen MR) is 65.4 cm³/mol. The van der Waals surface area contributed by atoms with Crippen molar-refractivity contribution >= 4 is 22.4 Å². The number of anilines is 1. The summed E-state index contributed by atoms with van der Waals surface area (Å²) in [6.45, 7) is 2.51. The Morgan fingerprint density at radius 2 is 2.24 bits per heavy atom. The van der Waals surface area contributed by atoms with Crippen molar-refractivity contribution in [3.63, 3.8) is 0 Å². The van der Waals surface area contributed by atoms with Gasteiger partial charge in [-0.2, -0.15) is 0 Å². The lowest BCUT2D eigenvalue weighted by Gasteiger charge is -2.02. The molecule has 2 aromatic heterocycles. The van der Waals surface area contributed by atoms with Gasteiger partial charge in [-0.3, -0.25) is 4.98 Å². The highest BCUT2D eigenvalue weighted by atomic mass is 32.1. The summed E-state index contributed by atoms with van der Waals surface area (Å²) in [4.78, 5) is 19.0. The highest BCUT2D eigenvalue weighted by Crippen LogP contribution is 2.18. The molecule has 0 aliphatic rings. The number of carbonyl (C=O) groups is 1. The van der Waals surface area contributed by atoms with Crippen LogP contribution in [0.5, 0.6) is 0 Å². The molecule has 2 heterocycles. The van der Waals surface area contributed by atoms with E-state index in [2.05, 4.69) is 15.3 Å².